The monoisotopic (exact) mass is 514 g/mol. The molecule has 0 fully saturated rings. The van der Waals surface area contributed by atoms with Gasteiger partial charge < -0.3 is 0 Å². The second kappa shape index (κ2) is 9.06. The minimum atomic E-state index is -2.37. The first-order chi connectivity index (χ1) is 18.4. The topological polar surface area (TPSA) is 0 Å². The molecular formula is C32H16F6. The fourth-order valence-electron chi connectivity index (χ4n) is 4.99. The van der Waals surface area contributed by atoms with E-state index in [2.05, 4.69) is 97.1 Å². The zero-order chi connectivity index (χ0) is 26.6. The van der Waals surface area contributed by atoms with E-state index in [1.165, 1.54) is 53.9 Å². The molecule has 7 aromatic rings. The van der Waals surface area contributed by atoms with E-state index in [1.54, 1.807) is 0 Å². The van der Waals surface area contributed by atoms with Crippen molar-refractivity contribution in [3.63, 3.8) is 0 Å². The van der Waals surface area contributed by atoms with Gasteiger partial charge in [0.2, 0.25) is 34.9 Å². The average Bonchev–Trinajstić information content (AvgIpc) is 2.97. The van der Waals surface area contributed by atoms with Gasteiger partial charge in [0.25, 0.3) is 0 Å². The molecule has 0 heterocycles. The lowest BCUT2D eigenvalue weighted by atomic mass is 9.91. The Morgan fingerprint density at radius 1 is 0.263 bits per heavy atom. The molecule has 0 aliphatic rings. The van der Waals surface area contributed by atoms with E-state index >= 15 is 0 Å². The van der Waals surface area contributed by atoms with Gasteiger partial charge in [-0.2, -0.15) is 0 Å². The fourth-order valence-corrected chi connectivity index (χ4v) is 4.99. The third-order valence-electron chi connectivity index (χ3n) is 6.75. The van der Waals surface area contributed by atoms with Gasteiger partial charge in [0, 0.05) is 0 Å². The second-order valence-electron chi connectivity index (χ2n) is 8.88. The van der Waals surface area contributed by atoms with Crippen molar-refractivity contribution in [3.05, 3.63) is 132 Å². The summed E-state index contributed by atoms with van der Waals surface area (Å²) in [6.07, 6.45) is 0. The van der Waals surface area contributed by atoms with E-state index in [4.69, 9.17) is 0 Å². The third-order valence-corrected chi connectivity index (χ3v) is 6.75. The summed E-state index contributed by atoms with van der Waals surface area (Å²) < 4.78 is 72.2. The highest BCUT2D eigenvalue weighted by molar-refractivity contribution is 6.31. The molecule has 38 heavy (non-hydrogen) atoms. The van der Waals surface area contributed by atoms with Crippen LogP contribution in [0.25, 0.3) is 53.9 Å². The molecule has 7 rings (SSSR count). The van der Waals surface area contributed by atoms with Gasteiger partial charge >= 0.3 is 0 Å². The van der Waals surface area contributed by atoms with E-state index in [-0.39, 0.29) is 0 Å². The summed E-state index contributed by atoms with van der Waals surface area (Å²) in [5.74, 6) is -14.2. The number of benzene rings is 7. The zero-order valence-corrected chi connectivity index (χ0v) is 19.5. The third kappa shape index (κ3) is 3.64. The quantitative estimate of drug-likeness (QED) is 0.0818. The minimum absolute atomic E-state index is 1.30. The van der Waals surface area contributed by atoms with E-state index in [0.717, 1.165) is 0 Å². The summed E-state index contributed by atoms with van der Waals surface area (Å²) in [7, 11) is 0. The van der Waals surface area contributed by atoms with Gasteiger partial charge in [0.15, 0.2) is 0 Å². The largest absolute Gasteiger partial charge is 0.200 e. The maximum Gasteiger partial charge on any atom is 0.200 e. The van der Waals surface area contributed by atoms with Crippen LogP contribution in [-0.4, -0.2) is 0 Å². The molecule has 0 aliphatic carbocycles. The van der Waals surface area contributed by atoms with Crippen LogP contribution in [0.1, 0.15) is 0 Å². The molecule has 0 unspecified atom stereocenters. The lowest BCUT2D eigenvalue weighted by Crippen LogP contribution is -2.04. The molecule has 0 aromatic heterocycles. The molecule has 0 atom stereocenters. The Balaban J connectivity index is 0.000000187. The van der Waals surface area contributed by atoms with Crippen LogP contribution < -0.4 is 0 Å². The van der Waals surface area contributed by atoms with Crippen molar-refractivity contribution in [2.24, 2.45) is 0 Å². The molecule has 0 amide bonds. The van der Waals surface area contributed by atoms with Crippen LogP contribution in [0.4, 0.5) is 26.3 Å². The summed E-state index contributed by atoms with van der Waals surface area (Å²) in [6.45, 7) is 0. The highest BCUT2D eigenvalue weighted by atomic mass is 19.2. The van der Waals surface area contributed by atoms with Crippen LogP contribution >= 0.6 is 0 Å². The van der Waals surface area contributed by atoms with Crippen LogP contribution in [0, 0.1) is 34.9 Å². The van der Waals surface area contributed by atoms with Gasteiger partial charge in [-0.15, -0.1) is 0 Å². The molecule has 0 saturated heterocycles. The normalized spacial score (nSPS) is 11.4. The Hall–Kier alpha value is -4.58. The van der Waals surface area contributed by atoms with Crippen molar-refractivity contribution >= 4 is 53.9 Å². The van der Waals surface area contributed by atoms with Gasteiger partial charge in [0.05, 0.1) is 0 Å². The predicted molar refractivity (Wildman–Crippen MR) is 140 cm³/mol. The van der Waals surface area contributed by atoms with E-state index in [1.807, 2.05) is 0 Å². The molecule has 6 heteroatoms. The Labute approximate surface area is 212 Å². The summed E-state index contributed by atoms with van der Waals surface area (Å²) in [5.41, 5.74) is 0. The molecule has 0 nitrogen and oxygen atoms in total. The molecule has 186 valence electrons. The molecule has 0 spiro atoms. The molecule has 0 aliphatic heterocycles. The van der Waals surface area contributed by atoms with E-state index < -0.39 is 34.9 Å². The Morgan fingerprint density at radius 2 is 0.526 bits per heavy atom. The lowest BCUT2D eigenvalue weighted by molar-refractivity contribution is 0.334. The molecule has 0 saturated carbocycles. The summed E-state index contributed by atoms with van der Waals surface area (Å²) >= 11 is 0. The van der Waals surface area contributed by atoms with Crippen molar-refractivity contribution in [1.82, 2.24) is 0 Å². The van der Waals surface area contributed by atoms with Gasteiger partial charge in [-0.3, -0.25) is 0 Å². The SMILES string of the molecule is Fc1c(F)c(F)c(F)c(F)c1F.c1ccc2c(c1)ccc1ccc3ccc4ccc5ccccc5c4c3c12. The standard InChI is InChI=1S/C26H16.C6F6/c1-3-7-22-17(5-1)9-11-19-13-15-21-16-14-20-12-10-18-6-2-4-8-23(18)25(20)26(21)24(19)22;7-1-2(8)4(10)6(12)5(11)3(1)9/h1-16H;. The maximum atomic E-state index is 12.0. The van der Waals surface area contributed by atoms with Gasteiger partial charge in [-0.05, 0) is 53.9 Å². The lowest BCUT2D eigenvalue weighted by Gasteiger charge is -2.13. The molecular weight excluding hydrogens is 498 g/mol. The number of halogens is 6. The number of rotatable bonds is 0. The van der Waals surface area contributed by atoms with Gasteiger partial charge in [0.1, 0.15) is 0 Å². The summed E-state index contributed by atoms with van der Waals surface area (Å²) in [6, 6.07) is 35.4. The van der Waals surface area contributed by atoms with Crippen molar-refractivity contribution in [2.75, 3.05) is 0 Å². The molecule has 0 bridgehead atoms. The molecule has 7 aromatic carbocycles. The van der Waals surface area contributed by atoms with E-state index in [0.29, 0.717) is 0 Å². The number of hydrogen-bond donors (Lipinski definition) is 0. The predicted octanol–water partition coefficient (Wildman–Crippen LogP) is 9.97. The van der Waals surface area contributed by atoms with Gasteiger partial charge in [-0.1, -0.05) is 97.1 Å². The van der Waals surface area contributed by atoms with Gasteiger partial charge in [-0.25, -0.2) is 26.3 Å². The molecule has 0 radical (unpaired) electrons. The molecule has 0 N–H and O–H groups in total. The maximum absolute atomic E-state index is 12.0. The van der Waals surface area contributed by atoms with Crippen molar-refractivity contribution in [3.8, 4) is 0 Å². The summed E-state index contributed by atoms with van der Waals surface area (Å²) in [5, 5.41) is 13.3. The highest BCUT2D eigenvalue weighted by Gasteiger charge is 2.25. The summed E-state index contributed by atoms with van der Waals surface area (Å²) in [4.78, 5) is 0. The second-order valence-corrected chi connectivity index (χ2v) is 8.88. The van der Waals surface area contributed by atoms with Crippen LogP contribution in [0.15, 0.2) is 97.1 Å². The Morgan fingerprint density at radius 3 is 0.868 bits per heavy atom. The average molecular weight is 514 g/mol. The zero-order valence-electron chi connectivity index (χ0n) is 19.5. The smallest absolute Gasteiger partial charge is 0.200 e. The minimum Gasteiger partial charge on any atom is -0.200 e. The Kier molecular flexibility index (Phi) is 5.68. The van der Waals surface area contributed by atoms with Crippen LogP contribution in [0.5, 0.6) is 0 Å². The first kappa shape index (κ1) is 23.8. The highest BCUT2D eigenvalue weighted by Crippen LogP contribution is 2.39. The van der Waals surface area contributed by atoms with Crippen LogP contribution in [-0.2, 0) is 0 Å². The van der Waals surface area contributed by atoms with Crippen molar-refractivity contribution < 1.29 is 26.3 Å². The number of hydrogen-bond acceptors (Lipinski definition) is 0. The van der Waals surface area contributed by atoms with Crippen LogP contribution in [0.3, 0.4) is 0 Å². The fraction of sp³-hybridized carbons (Fsp3) is 0. The first-order valence-corrected chi connectivity index (χ1v) is 11.7. The van der Waals surface area contributed by atoms with Crippen LogP contribution in [0.2, 0.25) is 0 Å². The van der Waals surface area contributed by atoms with Crippen molar-refractivity contribution in [1.29, 1.82) is 0 Å². The van der Waals surface area contributed by atoms with E-state index in [9.17, 15) is 26.3 Å². The Bertz CT molecular complexity index is 1820. The number of fused-ring (bicyclic) bond motifs is 9. The first-order valence-electron chi connectivity index (χ1n) is 11.7. The van der Waals surface area contributed by atoms with Crippen molar-refractivity contribution in [2.45, 2.75) is 0 Å².